The van der Waals surface area contributed by atoms with Gasteiger partial charge in [-0.2, -0.15) is 0 Å². The minimum Gasteiger partial charge on any atom is -0.425 e. The standard InChI is InChI=1S/C11H18N2O/c12-10(13)14-11-4-7-1-8(5-11)3-9(2-7)6-11/h7-9H,1-6H2,(H3,12,13)/p+1. The van der Waals surface area contributed by atoms with E-state index in [1.165, 1.54) is 38.5 Å². The summed E-state index contributed by atoms with van der Waals surface area (Å²) in [6, 6.07) is 0.173. The number of nitrogens with two attached hydrogens (primary N) is 2. The van der Waals surface area contributed by atoms with Gasteiger partial charge in [0.05, 0.1) is 0 Å². The van der Waals surface area contributed by atoms with Crippen LogP contribution in [0.4, 0.5) is 0 Å². The van der Waals surface area contributed by atoms with E-state index in [2.05, 4.69) is 0 Å². The van der Waals surface area contributed by atoms with Crippen LogP contribution in [0.15, 0.2) is 0 Å². The molecule has 0 aromatic heterocycles. The van der Waals surface area contributed by atoms with Crippen LogP contribution in [0.5, 0.6) is 0 Å². The van der Waals surface area contributed by atoms with Crippen LogP contribution in [0, 0.1) is 17.8 Å². The third kappa shape index (κ3) is 1.22. The summed E-state index contributed by atoms with van der Waals surface area (Å²) in [5, 5.41) is 5.49. The van der Waals surface area contributed by atoms with Crippen molar-refractivity contribution in [3.05, 3.63) is 0 Å². The quantitative estimate of drug-likeness (QED) is 0.458. The van der Waals surface area contributed by atoms with Crippen molar-refractivity contribution in [2.45, 2.75) is 44.1 Å². The van der Waals surface area contributed by atoms with E-state index < -0.39 is 0 Å². The van der Waals surface area contributed by atoms with E-state index in [0.29, 0.717) is 0 Å². The second-order valence-corrected chi connectivity index (χ2v) is 5.60. The number of amidine groups is 1. The molecular formula is C11H19N2O+. The minimum atomic E-state index is 0.0353. The molecule has 78 valence electrons. The molecule has 0 atom stereocenters. The Bertz CT molecular complexity index is 239. The van der Waals surface area contributed by atoms with Crippen LogP contribution >= 0.6 is 0 Å². The highest BCUT2D eigenvalue weighted by Gasteiger charge is 2.53. The molecular weight excluding hydrogens is 176 g/mol. The van der Waals surface area contributed by atoms with Crippen molar-refractivity contribution < 1.29 is 10.1 Å². The summed E-state index contributed by atoms with van der Waals surface area (Å²) < 4.78 is 5.72. The molecule has 0 aliphatic heterocycles. The fourth-order valence-electron chi connectivity index (χ4n) is 4.41. The predicted octanol–water partition coefficient (Wildman–Crippen LogP) is 0.0456. The van der Waals surface area contributed by atoms with Crippen molar-refractivity contribution in [1.82, 2.24) is 0 Å². The average Bonchev–Trinajstić information content (AvgIpc) is 1.96. The molecule has 4 fully saturated rings. The van der Waals surface area contributed by atoms with Crippen molar-refractivity contribution in [3.8, 4) is 0 Å². The summed E-state index contributed by atoms with van der Waals surface area (Å²) >= 11 is 0. The van der Waals surface area contributed by atoms with Crippen molar-refractivity contribution >= 4 is 6.02 Å². The first-order chi connectivity index (χ1) is 6.65. The Hall–Kier alpha value is -0.730. The zero-order chi connectivity index (χ0) is 9.76. The third-order valence-corrected chi connectivity index (χ3v) is 4.32. The largest absolute Gasteiger partial charge is 0.438 e. The highest BCUT2D eigenvalue weighted by molar-refractivity contribution is 5.64. The molecule has 3 nitrogen and oxygen atoms in total. The van der Waals surface area contributed by atoms with Crippen LogP contribution in [-0.2, 0) is 4.74 Å². The second-order valence-electron chi connectivity index (χ2n) is 5.60. The minimum absolute atomic E-state index is 0.0353. The lowest BCUT2D eigenvalue weighted by Crippen LogP contribution is -2.58. The van der Waals surface area contributed by atoms with Crippen molar-refractivity contribution in [3.63, 3.8) is 0 Å². The first-order valence-corrected chi connectivity index (χ1v) is 5.72. The highest BCUT2D eigenvalue weighted by atomic mass is 16.5. The predicted molar refractivity (Wildman–Crippen MR) is 53.1 cm³/mol. The number of hydrogen-bond acceptors (Lipinski definition) is 1. The molecule has 0 saturated heterocycles. The Labute approximate surface area is 84.5 Å². The normalized spacial score (nSPS) is 49.3. The lowest BCUT2D eigenvalue weighted by Gasteiger charge is -2.55. The second kappa shape index (κ2) is 2.65. The summed E-state index contributed by atoms with van der Waals surface area (Å²) in [6.45, 7) is 0. The van der Waals surface area contributed by atoms with Crippen LogP contribution in [0.3, 0.4) is 0 Å². The van der Waals surface area contributed by atoms with Gasteiger partial charge in [-0.25, -0.2) is 0 Å². The highest BCUT2D eigenvalue weighted by Crippen LogP contribution is 2.56. The van der Waals surface area contributed by atoms with Gasteiger partial charge in [0.2, 0.25) is 0 Å². The van der Waals surface area contributed by atoms with Gasteiger partial charge >= 0.3 is 6.02 Å². The fraction of sp³-hybridized carbons (Fsp3) is 0.909. The summed E-state index contributed by atoms with van der Waals surface area (Å²) in [7, 11) is 0. The van der Waals surface area contributed by atoms with Gasteiger partial charge in [-0.3, -0.25) is 11.1 Å². The molecule has 0 aromatic carbocycles. The van der Waals surface area contributed by atoms with Gasteiger partial charge < -0.3 is 4.74 Å². The van der Waals surface area contributed by atoms with Crippen LogP contribution in [0.1, 0.15) is 38.5 Å². The molecule has 14 heavy (non-hydrogen) atoms. The molecule has 4 N–H and O–H groups in total. The molecule has 0 heterocycles. The molecule has 0 radical (unpaired) electrons. The summed E-state index contributed by atoms with van der Waals surface area (Å²) in [5.74, 6) is 2.67. The maximum absolute atomic E-state index is 5.72. The van der Waals surface area contributed by atoms with E-state index >= 15 is 0 Å². The molecule has 0 amide bonds. The van der Waals surface area contributed by atoms with Gasteiger partial charge in [0.25, 0.3) is 0 Å². The lowest BCUT2D eigenvalue weighted by atomic mass is 9.54. The van der Waals surface area contributed by atoms with Gasteiger partial charge in [0.15, 0.2) is 0 Å². The monoisotopic (exact) mass is 195 g/mol. The van der Waals surface area contributed by atoms with Gasteiger partial charge in [-0.1, -0.05) is 0 Å². The van der Waals surface area contributed by atoms with E-state index in [0.717, 1.165) is 17.8 Å². The molecule has 0 aromatic rings. The molecule has 4 saturated carbocycles. The topological polar surface area (TPSA) is 60.8 Å². The number of ether oxygens (including phenoxy) is 1. The average molecular weight is 195 g/mol. The lowest BCUT2D eigenvalue weighted by molar-refractivity contribution is -0.185. The van der Waals surface area contributed by atoms with Crippen LogP contribution in [-0.4, -0.2) is 11.6 Å². The zero-order valence-electron chi connectivity index (χ0n) is 8.54. The molecule has 0 spiro atoms. The first-order valence-electron chi connectivity index (χ1n) is 5.72. The summed E-state index contributed by atoms with van der Waals surface area (Å²) in [5.41, 5.74) is 5.52. The Morgan fingerprint density at radius 3 is 1.86 bits per heavy atom. The Morgan fingerprint density at radius 1 is 1.07 bits per heavy atom. The van der Waals surface area contributed by atoms with Gasteiger partial charge in [0, 0.05) is 0 Å². The van der Waals surface area contributed by atoms with E-state index in [1.807, 2.05) is 0 Å². The molecule has 4 bridgehead atoms. The van der Waals surface area contributed by atoms with Crippen LogP contribution < -0.4 is 11.1 Å². The SMILES string of the molecule is NC(=[NH2+])OC12CC3CC(CC(C3)C1)C2. The van der Waals surface area contributed by atoms with Gasteiger partial charge in [-0.15, -0.1) is 0 Å². The van der Waals surface area contributed by atoms with Crippen molar-refractivity contribution in [2.24, 2.45) is 23.5 Å². The Balaban J connectivity index is 1.83. The summed E-state index contributed by atoms with van der Waals surface area (Å²) in [4.78, 5) is 0. The van der Waals surface area contributed by atoms with Crippen molar-refractivity contribution in [2.75, 3.05) is 0 Å². The Morgan fingerprint density at radius 2 is 1.50 bits per heavy atom. The first kappa shape index (κ1) is 8.57. The summed E-state index contributed by atoms with van der Waals surface area (Å²) in [6.07, 6.45) is 7.85. The number of rotatable bonds is 1. The van der Waals surface area contributed by atoms with Crippen LogP contribution in [0.25, 0.3) is 0 Å². The third-order valence-electron chi connectivity index (χ3n) is 4.32. The molecule has 4 aliphatic rings. The smallest absolute Gasteiger partial charge is 0.425 e. The van der Waals surface area contributed by atoms with Gasteiger partial charge in [0.1, 0.15) is 5.60 Å². The molecule has 4 aliphatic carbocycles. The Kier molecular flexibility index (Phi) is 1.62. The molecule has 0 unspecified atom stereocenters. The van der Waals surface area contributed by atoms with Crippen LogP contribution in [0.2, 0.25) is 0 Å². The van der Waals surface area contributed by atoms with E-state index in [4.69, 9.17) is 15.9 Å². The van der Waals surface area contributed by atoms with Gasteiger partial charge in [-0.05, 0) is 56.3 Å². The zero-order valence-corrected chi connectivity index (χ0v) is 8.54. The van der Waals surface area contributed by atoms with E-state index in [9.17, 15) is 0 Å². The number of hydrogen-bond donors (Lipinski definition) is 2. The fourth-order valence-corrected chi connectivity index (χ4v) is 4.41. The molecule has 3 heteroatoms. The maximum Gasteiger partial charge on any atom is 0.438 e. The van der Waals surface area contributed by atoms with Crippen molar-refractivity contribution in [1.29, 1.82) is 0 Å². The van der Waals surface area contributed by atoms with E-state index in [1.54, 1.807) is 0 Å². The molecule has 4 rings (SSSR count). The van der Waals surface area contributed by atoms with E-state index in [-0.39, 0.29) is 11.6 Å². The maximum atomic E-state index is 5.72.